The summed E-state index contributed by atoms with van der Waals surface area (Å²) in [7, 11) is 3.68. The zero-order valence-electron chi connectivity index (χ0n) is 12.0. The maximum absolute atomic E-state index is 12.2. The highest BCUT2D eigenvalue weighted by atomic mass is 35.5. The van der Waals surface area contributed by atoms with Gasteiger partial charge in [-0.05, 0) is 25.2 Å². The highest BCUT2D eigenvalue weighted by Gasteiger charge is 2.11. The Morgan fingerprint density at radius 3 is 2.76 bits per heavy atom. The van der Waals surface area contributed by atoms with Gasteiger partial charge in [0.15, 0.2) is 0 Å². The first-order chi connectivity index (χ1) is 9.22. The molecule has 1 N–H and O–H groups in total. The minimum Gasteiger partial charge on any atom is -0.340 e. The van der Waals surface area contributed by atoms with Crippen molar-refractivity contribution in [3.05, 3.63) is 48.5 Å². The Hall–Kier alpha value is -1.56. The van der Waals surface area contributed by atoms with Crippen LogP contribution in [0.4, 0.5) is 0 Å². The molecule has 0 aliphatic carbocycles. The van der Waals surface area contributed by atoms with E-state index in [-0.39, 0.29) is 30.7 Å². The first-order valence-electron chi connectivity index (χ1n) is 6.21. The number of nitrogens with zero attached hydrogens (tertiary/aromatic N) is 3. The molecule has 0 spiro atoms. The summed E-state index contributed by atoms with van der Waals surface area (Å²) < 4.78 is 1.88. The van der Waals surface area contributed by atoms with Crippen LogP contribution in [-0.4, -0.2) is 47.5 Å². The van der Waals surface area contributed by atoms with E-state index in [2.05, 4.69) is 10.3 Å². The van der Waals surface area contributed by atoms with Crippen LogP contribution in [0.2, 0.25) is 0 Å². The molecule has 2 rings (SSSR count). The monoisotopic (exact) mass is 330 g/mol. The number of rotatable bonds is 5. The molecular formula is C14H20Cl2N4O. The number of aromatic nitrogens is 2. The Labute approximate surface area is 137 Å². The van der Waals surface area contributed by atoms with E-state index in [0.717, 1.165) is 12.2 Å². The quantitative estimate of drug-likeness (QED) is 0.912. The van der Waals surface area contributed by atoms with Crippen LogP contribution in [0.1, 0.15) is 10.4 Å². The van der Waals surface area contributed by atoms with Gasteiger partial charge in [0.1, 0.15) is 0 Å². The molecule has 0 radical (unpaired) electrons. The molecule has 1 heterocycles. The van der Waals surface area contributed by atoms with Crippen molar-refractivity contribution in [3.63, 3.8) is 0 Å². The summed E-state index contributed by atoms with van der Waals surface area (Å²) >= 11 is 0. The van der Waals surface area contributed by atoms with E-state index in [0.29, 0.717) is 12.1 Å². The predicted molar refractivity (Wildman–Crippen MR) is 88.9 cm³/mol. The Morgan fingerprint density at radius 1 is 1.38 bits per heavy atom. The van der Waals surface area contributed by atoms with Crippen LogP contribution in [0.15, 0.2) is 43.0 Å². The van der Waals surface area contributed by atoms with Crippen LogP contribution in [0.5, 0.6) is 0 Å². The molecule has 5 nitrogen and oxygen atoms in total. The Balaban J connectivity index is 0.00000200. The van der Waals surface area contributed by atoms with Gasteiger partial charge in [-0.3, -0.25) is 4.79 Å². The molecule has 0 aliphatic heterocycles. The maximum atomic E-state index is 12.2. The number of halogens is 2. The molecule has 7 heteroatoms. The van der Waals surface area contributed by atoms with Gasteiger partial charge in [-0.2, -0.15) is 0 Å². The molecular weight excluding hydrogens is 311 g/mol. The van der Waals surface area contributed by atoms with E-state index in [1.165, 1.54) is 0 Å². The number of imidazole rings is 1. The van der Waals surface area contributed by atoms with Crippen molar-refractivity contribution in [3.8, 4) is 5.69 Å². The summed E-state index contributed by atoms with van der Waals surface area (Å²) in [5.74, 6) is 0.0252. The van der Waals surface area contributed by atoms with Crippen molar-refractivity contribution >= 4 is 30.7 Å². The minimum atomic E-state index is 0. The van der Waals surface area contributed by atoms with E-state index in [1.807, 2.05) is 49.1 Å². The van der Waals surface area contributed by atoms with Crippen LogP contribution >= 0.6 is 24.8 Å². The second-order valence-electron chi connectivity index (χ2n) is 4.35. The zero-order chi connectivity index (χ0) is 13.7. The van der Waals surface area contributed by atoms with Gasteiger partial charge in [0.2, 0.25) is 0 Å². The van der Waals surface area contributed by atoms with Crippen molar-refractivity contribution < 1.29 is 4.79 Å². The van der Waals surface area contributed by atoms with Gasteiger partial charge in [-0.15, -0.1) is 24.8 Å². The van der Waals surface area contributed by atoms with Crippen LogP contribution in [0, 0.1) is 0 Å². The smallest absolute Gasteiger partial charge is 0.253 e. The molecule has 1 aromatic carbocycles. The Morgan fingerprint density at radius 2 is 2.14 bits per heavy atom. The van der Waals surface area contributed by atoms with Crippen molar-refractivity contribution in [1.29, 1.82) is 0 Å². The van der Waals surface area contributed by atoms with Crippen molar-refractivity contribution in [1.82, 2.24) is 19.8 Å². The zero-order valence-corrected chi connectivity index (χ0v) is 13.7. The standard InChI is InChI=1S/C14H18N4O.2ClH/c1-15-6-8-17(2)14(19)12-4-3-5-13(10-12)18-9-7-16-11-18;;/h3-5,7,9-11,15H,6,8H2,1-2H3;2*1H. The predicted octanol–water partition coefficient (Wildman–Crippen LogP) is 2.01. The molecule has 0 unspecified atom stereocenters. The molecule has 0 bridgehead atoms. The third-order valence-corrected chi connectivity index (χ3v) is 2.94. The number of hydrogen-bond donors (Lipinski definition) is 1. The van der Waals surface area contributed by atoms with E-state index in [1.54, 1.807) is 17.4 Å². The average Bonchev–Trinajstić information content (AvgIpc) is 2.98. The van der Waals surface area contributed by atoms with Gasteiger partial charge < -0.3 is 14.8 Å². The van der Waals surface area contributed by atoms with Gasteiger partial charge >= 0.3 is 0 Å². The number of likely N-dealkylation sites (N-methyl/N-ethyl adjacent to an activating group) is 2. The topological polar surface area (TPSA) is 50.2 Å². The number of carbonyl (C=O) groups excluding carboxylic acids is 1. The lowest BCUT2D eigenvalue weighted by Crippen LogP contribution is -2.32. The molecule has 0 aliphatic rings. The van der Waals surface area contributed by atoms with Crippen LogP contribution in [0.25, 0.3) is 5.69 Å². The van der Waals surface area contributed by atoms with E-state index in [4.69, 9.17) is 0 Å². The SMILES string of the molecule is CNCCN(C)C(=O)c1cccc(-n2ccnc2)c1.Cl.Cl. The van der Waals surface area contributed by atoms with Gasteiger partial charge in [0.05, 0.1) is 6.33 Å². The van der Waals surface area contributed by atoms with Gasteiger partial charge in [-0.1, -0.05) is 6.07 Å². The molecule has 21 heavy (non-hydrogen) atoms. The highest BCUT2D eigenvalue weighted by Crippen LogP contribution is 2.11. The van der Waals surface area contributed by atoms with Gasteiger partial charge in [-0.25, -0.2) is 4.98 Å². The highest BCUT2D eigenvalue weighted by molar-refractivity contribution is 5.94. The largest absolute Gasteiger partial charge is 0.340 e. The van der Waals surface area contributed by atoms with E-state index >= 15 is 0 Å². The van der Waals surface area contributed by atoms with Crippen molar-refractivity contribution in [2.24, 2.45) is 0 Å². The number of benzene rings is 1. The lowest BCUT2D eigenvalue weighted by atomic mass is 10.1. The van der Waals surface area contributed by atoms with Crippen molar-refractivity contribution in [2.45, 2.75) is 0 Å². The number of amides is 1. The first kappa shape index (κ1) is 19.4. The summed E-state index contributed by atoms with van der Waals surface area (Å²) in [6.07, 6.45) is 5.29. The van der Waals surface area contributed by atoms with Crippen molar-refractivity contribution in [2.75, 3.05) is 27.2 Å². The lowest BCUT2D eigenvalue weighted by Gasteiger charge is -2.17. The number of carbonyl (C=O) groups is 1. The summed E-state index contributed by atoms with van der Waals surface area (Å²) in [6, 6.07) is 7.54. The first-order valence-corrected chi connectivity index (χ1v) is 6.21. The molecule has 0 fully saturated rings. The fourth-order valence-electron chi connectivity index (χ4n) is 1.81. The fraction of sp³-hybridized carbons (Fsp3) is 0.286. The maximum Gasteiger partial charge on any atom is 0.253 e. The number of nitrogens with one attached hydrogen (secondary N) is 1. The molecule has 1 aromatic heterocycles. The third kappa shape index (κ3) is 5.04. The van der Waals surface area contributed by atoms with Crippen LogP contribution < -0.4 is 5.32 Å². The van der Waals surface area contributed by atoms with Crippen LogP contribution in [0.3, 0.4) is 0 Å². The summed E-state index contributed by atoms with van der Waals surface area (Å²) in [5.41, 5.74) is 1.62. The van der Waals surface area contributed by atoms with Gasteiger partial charge in [0, 0.05) is 43.8 Å². The average molecular weight is 331 g/mol. The molecule has 0 atom stereocenters. The van der Waals surface area contributed by atoms with Gasteiger partial charge in [0.25, 0.3) is 5.91 Å². The summed E-state index contributed by atoms with van der Waals surface area (Å²) in [5, 5.41) is 3.03. The molecule has 1 amide bonds. The minimum absolute atomic E-state index is 0. The summed E-state index contributed by atoms with van der Waals surface area (Å²) in [4.78, 5) is 18.0. The molecule has 0 saturated carbocycles. The third-order valence-electron chi connectivity index (χ3n) is 2.94. The fourth-order valence-corrected chi connectivity index (χ4v) is 1.81. The van der Waals surface area contributed by atoms with Crippen LogP contribution in [-0.2, 0) is 0 Å². The van der Waals surface area contributed by atoms with E-state index < -0.39 is 0 Å². The Bertz CT molecular complexity index is 546. The lowest BCUT2D eigenvalue weighted by molar-refractivity contribution is 0.0797. The molecule has 116 valence electrons. The number of hydrogen-bond acceptors (Lipinski definition) is 3. The Kier molecular flexibility index (Phi) is 8.69. The second kappa shape index (κ2) is 9.39. The molecule has 2 aromatic rings. The second-order valence-corrected chi connectivity index (χ2v) is 4.35. The van der Waals surface area contributed by atoms with E-state index in [9.17, 15) is 4.79 Å². The summed E-state index contributed by atoms with van der Waals surface area (Å²) in [6.45, 7) is 1.47. The molecule has 0 saturated heterocycles. The normalized spacial score (nSPS) is 9.43.